The van der Waals surface area contributed by atoms with E-state index in [-0.39, 0.29) is 23.0 Å². The fourth-order valence-electron chi connectivity index (χ4n) is 3.34. The minimum Gasteiger partial charge on any atom is -0.350 e. The molecule has 3 heterocycles. The first kappa shape index (κ1) is 22.4. The Hall–Kier alpha value is -3.83. The van der Waals surface area contributed by atoms with Crippen molar-refractivity contribution in [3.05, 3.63) is 71.4 Å². The summed E-state index contributed by atoms with van der Waals surface area (Å²) < 4.78 is 79.3. The van der Waals surface area contributed by atoms with E-state index in [1.165, 1.54) is 12.3 Å². The second-order valence-electron chi connectivity index (χ2n) is 7.26. The number of carbonyl (C=O) groups excluding carboxylic acids is 1. The lowest BCUT2D eigenvalue weighted by molar-refractivity contribution is -0.141. The molecule has 0 aliphatic rings. The van der Waals surface area contributed by atoms with Gasteiger partial charge in [-0.25, -0.2) is 4.98 Å². The van der Waals surface area contributed by atoms with Gasteiger partial charge in [0.15, 0.2) is 0 Å². The lowest BCUT2D eigenvalue weighted by Crippen LogP contribution is -2.23. The number of pyridine rings is 1. The summed E-state index contributed by atoms with van der Waals surface area (Å²) in [4.78, 5) is 22.2. The Labute approximate surface area is 182 Å². The smallest absolute Gasteiger partial charge is 0.350 e. The fraction of sp³-hybridized carbons (Fsp3) is 0.190. The zero-order valence-electron chi connectivity index (χ0n) is 16.8. The van der Waals surface area contributed by atoms with Gasteiger partial charge in [-0.05, 0) is 35.9 Å². The van der Waals surface area contributed by atoms with Crippen LogP contribution in [-0.2, 0) is 25.9 Å². The molecule has 1 aromatic carbocycles. The van der Waals surface area contributed by atoms with Gasteiger partial charge in [-0.2, -0.15) is 26.3 Å². The normalized spacial score (nSPS) is 12.3. The van der Waals surface area contributed by atoms with Crippen molar-refractivity contribution in [2.75, 3.05) is 0 Å². The van der Waals surface area contributed by atoms with Crippen LogP contribution in [0.5, 0.6) is 0 Å². The number of H-pyrrole nitrogens is 1. The van der Waals surface area contributed by atoms with Crippen LogP contribution in [0, 0.1) is 0 Å². The summed E-state index contributed by atoms with van der Waals surface area (Å²) in [6.07, 6.45) is -5.26. The first-order chi connectivity index (χ1) is 15.4. The quantitative estimate of drug-likeness (QED) is 0.418. The molecule has 0 aliphatic carbocycles. The fourth-order valence-corrected chi connectivity index (χ4v) is 3.34. The summed E-state index contributed by atoms with van der Waals surface area (Å²) in [5.41, 5.74) is -1.03. The molecule has 0 bridgehead atoms. The van der Waals surface area contributed by atoms with Crippen LogP contribution in [0.4, 0.5) is 26.3 Å². The standard InChI is InChI=1S/C21H15F6N5O/c1-32-5-4-28-18(32)14-7-11(6-13-8-16(21(25,26)27)31-17(13)14)9-30-19(33)12-2-3-15(29-10-12)20(22,23)24/h2-8,10,31H,9H2,1H3,(H,30,33). The van der Waals surface area contributed by atoms with E-state index in [4.69, 9.17) is 0 Å². The SMILES string of the molecule is Cn1ccnc1-c1cc(CNC(=O)c2ccc(C(F)(F)F)nc2)cc2cc(C(F)(F)F)[nH]c12. The molecule has 3 aromatic heterocycles. The molecule has 33 heavy (non-hydrogen) atoms. The molecule has 6 nitrogen and oxygen atoms in total. The van der Waals surface area contributed by atoms with Gasteiger partial charge in [0, 0.05) is 43.1 Å². The average molecular weight is 467 g/mol. The van der Waals surface area contributed by atoms with Gasteiger partial charge >= 0.3 is 12.4 Å². The zero-order valence-corrected chi connectivity index (χ0v) is 16.8. The number of fused-ring (bicyclic) bond motifs is 1. The molecular formula is C21H15F6N5O. The molecule has 2 N–H and O–H groups in total. The number of nitrogens with zero attached hydrogens (tertiary/aromatic N) is 3. The Morgan fingerprint density at radius 3 is 2.39 bits per heavy atom. The summed E-state index contributed by atoms with van der Waals surface area (Å²) in [6.45, 7) is -0.0836. The molecule has 172 valence electrons. The number of benzene rings is 1. The Kier molecular flexibility index (Phi) is 5.38. The van der Waals surface area contributed by atoms with E-state index in [9.17, 15) is 31.1 Å². The zero-order chi connectivity index (χ0) is 24.0. The summed E-state index contributed by atoms with van der Waals surface area (Å²) in [7, 11) is 1.69. The maximum atomic E-state index is 13.2. The highest BCUT2D eigenvalue weighted by Gasteiger charge is 2.33. The van der Waals surface area contributed by atoms with Gasteiger partial charge in [-0.15, -0.1) is 0 Å². The Balaban J connectivity index is 1.64. The van der Waals surface area contributed by atoms with Crippen molar-refractivity contribution >= 4 is 16.8 Å². The minimum atomic E-state index is -4.63. The first-order valence-electron chi connectivity index (χ1n) is 9.45. The van der Waals surface area contributed by atoms with Crippen LogP contribution < -0.4 is 5.32 Å². The number of aromatic nitrogens is 4. The van der Waals surface area contributed by atoms with Crippen molar-refractivity contribution in [1.82, 2.24) is 24.8 Å². The number of hydrogen-bond donors (Lipinski definition) is 2. The lowest BCUT2D eigenvalue weighted by Gasteiger charge is -2.10. The number of amides is 1. The third-order valence-corrected chi connectivity index (χ3v) is 4.92. The van der Waals surface area contributed by atoms with Crippen molar-refractivity contribution in [3.63, 3.8) is 0 Å². The van der Waals surface area contributed by atoms with Gasteiger partial charge in [0.1, 0.15) is 17.2 Å². The summed E-state index contributed by atoms with van der Waals surface area (Å²) in [5, 5.41) is 2.81. The van der Waals surface area contributed by atoms with Gasteiger partial charge in [0.25, 0.3) is 5.91 Å². The van der Waals surface area contributed by atoms with E-state index < -0.39 is 29.6 Å². The van der Waals surface area contributed by atoms with E-state index in [1.54, 1.807) is 23.9 Å². The highest BCUT2D eigenvalue weighted by Crippen LogP contribution is 2.35. The molecule has 0 saturated carbocycles. The molecule has 1 amide bonds. The molecule has 0 unspecified atom stereocenters. The van der Waals surface area contributed by atoms with Crippen LogP contribution in [-0.4, -0.2) is 25.4 Å². The molecule has 0 spiro atoms. The average Bonchev–Trinajstić information content (AvgIpc) is 3.37. The van der Waals surface area contributed by atoms with Crippen LogP contribution in [0.15, 0.2) is 48.9 Å². The highest BCUT2D eigenvalue weighted by molar-refractivity contribution is 5.95. The number of rotatable bonds is 4. The second-order valence-corrected chi connectivity index (χ2v) is 7.26. The number of nitrogens with one attached hydrogen (secondary N) is 2. The molecule has 0 saturated heterocycles. The predicted octanol–water partition coefficient (Wildman–Crippen LogP) is 4.93. The third-order valence-electron chi connectivity index (χ3n) is 4.92. The third kappa shape index (κ3) is 4.54. The predicted molar refractivity (Wildman–Crippen MR) is 106 cm³/mol. The van der Waals surface area contributed by atoms with Gasteiger partial charge < -0.3 is 14.9 Å². The van der Waals surface area contributed by atoms with Crippen LogP contribution in [0.3, 0.4) is 0 Å². The molecule has 0 fully saturated rings. The molecule has 4 aromatic rings. The first-order valence-corrected chi connectivity index (χ1v) is 9.45. The Morgan fingerprint density at radius 2 is 1.82 bits per heavy atom. The van der Waals surface area contributed by atoms with E-state index >= 15 is 0 Å². The number of imidazole rings is 1. The van der Waals surface area contributed by atoms with Gasteiger partial charge in [0.05, 0.1) is 11.1 Å². The Bertz CT molecular complexity index is 1320. The van der Waals surface area contributed by atoms with E-state index in [1.807, 2.05) is 0 Å². The molecule has 0 radical (unpaired) electrons. The molecule has 0 atom stereocenters. The van der Waals surface area contributed by atoms with Gasteiger partial charge in [0.2, 0.25) is 0 Å². The molecule has 0 aliphatic heterocycles. The van der Waals surface area contributed by atoms with E-state index in [0.29, 0.717) is 23.0 Å². The van der Waals surface area contributed by atoms with E-state index in [0.717, 1.165) is 18.3 Å². The minimum absolute atomic E-state index is 0.0836. The Morgan fingerprint density at radius 1 is 1.06 bits per heavy atom. The number of hydrogen-bond acceptors (Lipinski definition) is 3. The highest BCUT2D eigenvalue weighted by atomic mass is 19.4. The maximum absolute atomic E-state index is 13.2. The monoisotopic (exact) mass is 467 g/mol. The van der Waals surface area contributed by atoms with Crippen molar-refractivity contribution in [2.24, 2.45) is 7.05 Å². The number of aromatic amines is 1. The molecular weight excluding hydrogens is 452 g/mol. The number of carbonyl (C=O) groups is 1. The van der Waals surface area contributed by atoms with Crippen molar-refractivity contribution in [1.29, 1.82) is 0 Å². The van der Waals surface area contributed by atoms with Crippen molar-refractivity contribution < 1.29 is 31.1 Å². The van der Waals surface area contributed by atoms with Crippen LogP contribution in [0.1, 0.15) is 27.3 Å². The van der Waals surface area contributed by atoms with Crippen LogP contribution in [0.25, 0.3) is 22.3 Å². The van der Waals surface area contributed by atoms with Crippen LogP contribution in [0.2, 0.25) is 0 Å². The second kappa shape index (κ2) is 7.94. The number of aryl methyl sites for hydroxylation is 1. The largest absolute Gasteiger partial charge is 0.433 e. The number of halogens is 6. The lowest BCUT2D eigenvalue weighted by atomic mass is 10.1. The van der Waals surface area contributed by atoms with Crippen molar-refractivity contribution in [3.8, 4) is 11.4 Å². The maximum Gasteiger partial charge on any atom is 0.433 e. The summed E-state index contributed by atoms with van der Waals surface area (Å²) >= 11 is 0. The molecule has 4 rings (SSSR count). The topological polar surface area (TPSA) is 75.6 Å². The van der Waals surface area contributed by atoms with Crippen molar-refractivity contribution in [2.45, 2.75) is 18.9 Å². The summed E-state index contributed by atoms with van der Waals surface area (Å²) in [6, 6.07) is 5.73. The van der Waals surface area contributed by atoms with Gasteiger partial charge in [-0.3, -0.25) is 9.78 Å². The van der Waals surface area contributed by atoms with E-state index in [2.05, 4.69) is 20.3 Å². The number of alkyl halides is 6. The summed E-state index contributed by atoms with van der Waals surface area (Å²) in [5.74, 6) is -0.268. The van der Waals surface area contributed by atoms with Gasteiger partial charge in [-0.1, -0.05) is 0 Å². The molecule has 12 heteroatoms. The van der Waals surface area contributed by atoms with Crippen LogP contribution >= 0.6 is 0 Å².